The van der Waals surface area contributed by atoms with Crippen molar-refractivity contribution in [1.82, 2.24) is 25.0 Å². The van der Waals surface area contributed by atoms with Crippen LogP contribution in [0.25, 0.3) is 11.3 Å². The normalized spacial score (nSPS) is 22.5. The Balaban J connectivity index is 1.39. The molecule has 184 valence electrons. The molecule has 0 spiro atoms. The van der Waals surface area contributed by atoms with Gasteiger partial charge >= 0.3 is 0 Å². The molecule has 34 heavy (non-hydrogen) atoms. The SMILES string of the molecule is CCOCOc1cc(C)cc(C)c1-c1cnc(N[C@@H]2CCCN(CC(=O)N3[C@@H](C)[C@@H]3O)C2)nn1. The Hall–Kier alpha value is -2.82. The van der Waals surface area contributed by atoms with Crippen molar-refractivity contribution in [3.8, 4) is 17.0 Å². The first kappa shape index (κ1) is 24.3. The van der Waals surface area contributed by atoms with Crippen LogP contribution in [-0.4, -0.2) is 87.3 Å². The number of likely N-dealkylation sites (tertiary alicyclic amines) is 1. The minimum Gasteiger partial charge on any atom is -0.467 e. The number of ether oxygens (including phenoxy) is 2. The molecule has 3 atom stereocenters. The Kier molecular flexibility index (Phi) is 7.60. The highest BCUT2D eigenvalue weighted by molar-refractivity contribution is 5.81. The summed E-state index contributed by atoms with van der Waals surface area (Å²) in [6.07, 6.45) is 3.00. The number of anilines is 1. The van der Waals surface area contributed by atoms with Crippen molar-refractivity contribution in [2.75, 3.05) is 38.4 Å². The molecule has 0 aliphatic carbocycles. The Morgan fingerprint density at radius 2 is 2.09 bits per heavy atom. The molecule has 2 N–H and O–H groups in total. The third kappa shape index (κ3) is 5.63. The van der Waals surface area contributed by atoms with Crippen molar-refractivity contribution < 1.29 is 19.4 Å². The van der Waals surface area contributed by atoms with Gasteiger partial charge in [0.1, 0.15) is 17.7 Å². The maximum Gasteiger partial charge on any atom is 0.242 e. The molecule has 2 aromatic rings. The van der Waals surface area contributed by atoms with E-state index in [2.05, 4.69) is 31.5 Å². The van der Waals surface area contributed by atoms with Crippen LogP contribution in [0.15, 0.2) is 18.3 Å². The molecule has 1 aromatic carbocycles. The van der Waals surface area contributed by atoms with Crippen LogP contribution in [0.3, 0.4) is 0 Å². The largest absolute Gasteiger partial charge is 0.467 e. The van der Waals surface area contributed by atoms with Gasteiger partial charge in [-0.25, -0.2) is 4.98 Å². The third-order valence-corrected chi connectivity index (χ3v) is 6.31. The smallest absolute Gasteiger partial charge is 0.242 e. The van der Waals surface area contributed by atoms with E-state index in [0.717, 1.165) is 36.1 Å². The van der Waals surface area contributed by atoms with Crippen molar-refractivity contribution in [3.63, 3.8) is 0 Å². The highest BCUT2D eigenvalue weighted by Gasteiger charge is 2.46. The van der Waals surface area contributed by atoms with Gasteiger partial charge in [-0.1, -0.05) is 6.07 Å². The summed E-state index contributed by atoms with van der Waals surface area (Å²) in [5.41, 5.74) is 3.61. The number of benzene rings is 1. The molecule has 0 bridgehead atoms. The van der Waals surface area contributed by atoms with E-state index in [9.17, 15) is 9.90 Å². The molecule has 2 aliphatic heterocycles. The lowest BCUT2D eigenvalue weighted by Crippen LogP contribution is -2.45. The maximum atomic E-state index is 12.3. The number of carbonyl (C=O) groups is 1. The number of piperidine rings is 1. The molecule has 2 aliphatic rings. The van der Waals surface area contributed by atoms with Gasteiger partial charge in [-0.2, -0.15) is 0 Å². The molecule has 3 heterocycles. The molecule has 10 nitrogen and oxygen atoms in total. The number of amides is 1. The second-order valence-corrected chi connectivity index (χ2v) is 9.05. The van der Waals surface area contributed by atoms with Gasteiger partial charge in [0.2, 0.25) is 11.9 Å². The fraction of sp³-hybridized carbons (Fsp3) is 0.583. The van der Waals surface area contributed by atoms with Crippen molar-refractivity contribution in [1.29, 1.82) is 0 Å². The number of aryl methyl sites for hydroxylation is 2. The van der Waals surface area contributed by atoms with E-state index < -0.39 is 6.23 Å². The van der Waals surface area contributed by atoms with Gasteiger partial charge in [0.05, 0.1) is 18.8 Å². The second kappa shape index (κ2) is 10.6. The van der Waals surface area contributed by atoms with Gasteiger partial charge < -0.3 is 24.8 Å². The Morgan fingerprint density at radius 1 is 1.29 bits per heavy atom. The van der Waals surface area contributed by atoms with E-state index in [1.165, 1.54) is 4.90 Å². The molecular weight excluding hydrogens is 436 g/mol. The minimum absolute atomic E-state index is 0.0289. The number of aliphatic hydroxyl groups excluding tert-OH is 1. The minimum atomic E-state index is -0.633. The standard InChI is InChI=1S/C24H34N6O4/c1-5-33-14-34-20-10-15(2)9-16(3)22(20)19-11-25-24(28-27-19)26-18-7-6-8-29(12-18)13-21(31)30-17(4)23(30)32/h9-11,17-18,23,32H,5-8,12-14H2,1-4H3,(H,25,26,28)/t17-,18+,23-,30?/m0/s1. The van der Waals surface area contributed by atoms with Crippen LogP contribution in [0.2, 0.25) is 0 Å². The number of hydrogen-bond donors (Lipinski definition) is 2. The Labute approximate surface area is 200 Å². The van der Waals surface area contributed by atoms with Gasteiger partial charge in [0.15, 0.2) is 6.79 Å². The van der Waals surface area contributed by atoms with E-state index in [4.69, 9.17) is 9.47 Å². The third-order valence-electron chi connectivity index (χ3n) is 6.31. The summed E-state index contributed by atoms with van der Waals surface area (Å²) in [6.45, 7) is 10.4. The van der Waals surface area contributed by atoms with Crippen molar-refractivity contribution in [3.05, 3.63) is 29.5 Å². The molecule has 1 amide bonds. The van der Waals surface area contributed by atoms with E-state index in [0.29, 0.717) is 37.1 Å². The molecule has 2 fully saturated rings. The zero-order chi connectivity index (χ0) is 24.2. The summed E-state index contributed by atoms with van der Waals surface area (Å²) in [7, 11) is 0. The number of hydrogen-bond acceptors (Lipinski definition) is 9. The number of aliphatic hydroxyl groups is 1. The van der Waals surface area contributed by atoms with Crippen LogP contribution in [0.1, 0.15) is 37.8 Å². The topological polar surface area (TPSA) is 113 Å². The summed E-state index contributed by atoms with van der Waals surface area (Å²) in [5.74, 6) is 1.12. The summed E-state index contributed by atoms with van der Waals surface area (Å²) in [4.78, 5) is 20.5. The highest BCUT2D eigenvalue weighted by Crippen LogP contribution is 2.33. The number of nitrogens with zero attached hydrogens (tertiary/aromatic N) is 5. The first-order valence-corrected chi connectivity index (χ1v) is 11.9. The molecule has 0 radical (unpaired) electrons. The van der Waals surface area contributed by atoms with Gasteiger partial charge in [-0.05, 0) is 64.3 Å². The van der Waals surface area contributed by atoms with E-state index in [1.54, 1.807) is 6.20 Å². The van der Waals surface area contributed by atoms with Gasteiger partial charge in [-0.3, -0.25) is 9.69 Å². The van der Waals surface area contributed by atoms with Crippen molar-refractivity contribution >= 4 is 11.9 Å². The molecule has 4 rings (SSSR count). The lowest BCUT2D eigenvalue weighted by Gasteiger charge is -2.32. The van der Waals surface area contributed by atoms with Crippen LogP contribution in [0.5, 0.6) is 5.75 Å². The van der Waals surface area contributed by atoms with E-state index >= 15 is 0 Å². The number of carbonyl (C=O) groups excluding carboxylic acids is 1. The lowest BCUT2D eigenvalue weighted by atomic mass is 10.0. The van der Waals surface area contributed by atoms with Gasteiger partial charge in [0.25, 0.3) is 0 Å². The van der Waals surface area contributed by atoms with Crippen LogP contribution >= 0.6 is 0 Å². The first-order chi connectivity index (χ1) is 16.4. The van der Waals surface area contributed by atoms with Gasteiger partial charge in [0, 0.05) is 24.8 Å². The Bertz CT molecular complexity index is 994. The Morgan fingerprint density at radius 3 is 2.76 bits per heavy atom. The van der Waals surface area contributed by atoms with Crippen molar-refractivity contribution in [2.24, 2.45) is 0 Å². The fourth-order valence-corrected chi connectivity index (χ4v) is 4.49. The molecule has 0 unspecified atom stereocenters. The zero-order valence-corrected chi connectivity index (χ0v) is 20.3. The molecule has 0 saturated carbocycles. The number of rotatable bonds is 9. The van der Waals surface area contributed by atoms with Crippen LogP contribution < -0.4 is 10.1 Å². The summed E-state index contributed by atoms with van der Waals surface area (Å²) in [5, 5.41) is 21.8. The molecule has 10 heteroatoms. The van der Waals surface area contributed by atoms with E-state index in [-0.39, 0.29) is 24.8 Å². The quantitative estimate of drug-likeness (QED) is 0.323. The van der Waals surface area contributed by atoms with Crippen LogP contribution in [-0.2, 0) is 9.53 Å². The predicted octanol–water partition coefficient (Wildman–Crippen LogP) is 1.95. The summed E-state index contributed by atoms with van der Waals surface area (Å²) < 4.78 is 11.2. The fourth-order valence-electron chi connectivity index (χ4n) is 4.49. The summed E-state index contributed by atoms with van der Waals surface area (Å²) >= 11 is 0. The number of aromatic nitrogens is 3. The molecule has 2 saturated heterocycles. The maximum absolute atomic E-state index is 12.3. The molecule has 1 aromatic heterocycles. The van der Waals surface area contributed by atoms with Crippen molar-refractivity contribution in [2.45, 2.75) is 58.8 Å². The zero-order valence-electron chi connectivity index (χ0n) is 20.3. The van der Waals surface area contributed by atoms with Crippen LogP contribution in [0, 0.1) is 13.8 Å². The first-order valence-electron chi connectivity index (χ1n) is 11.9. The summed E-state index contributed by atoms with van der Waals surface area (Å²) in [6, 6.07) is 4.08. The number of nitrogens with one attached hydrogen (secondary N) is 1. The predicted molar refractivity (Wildman–Crippen MR) is 127 cm³/mol. The van der Waals surface area contributed by atoms with Crippen LogP contribution in [0.4, 0.5) is 5.95 Å². The monoisotopic (exact) mass is 470 g/mol. The molecular formula is C24H34N6O4. The van der Waals surface area contributed by atoms with Gasteiger partial charge in [-0.15, -0.1) is 10.2 Å². The average molecular weight is 471 g/mol. The second-order valence-electron chi connectivity index (χ2n) is 9.05. The average Bonchev–Trinajstić information content (AvgIpc) is 3.40. The highest BCUT2D eigenvalue weighted by atomic mass is 16.7. The lowest BCUT2D eigenvalue weighted by molar-refractivity contribution is -0.129. The van der Waals surface area contributed by atoms with E-state index in [1.807, 2.05) is 33.8 Å².